The third-order valence-electron chi connectivity index (χ3n) is 7.54. The fourth-order valence-corrected chi connectivity index (χ4v) is 5.54. The van der Waals surface area contributed by atoms with Gasteiger partial charge in [0.25, 0.3) is 0 Å². The number of benzene rings is 2. The number of halogens is 2. The summed E-state index contributed by atoms with van der Waals surface area (Å²) in [6, 6.07) is 10.8. The molecule has 2 aromatic carbocycles. The molecule has 0 amide bonds. The fraction of sp³-hybridized carbons (Fsp3) is 0.414. The van der Waals surface area contributed by atoms with Gasteiger partial charge in [-0.1, -0.05) is 17.7 Å². The maximum Gasteiger partial charge on any atom is 0.170 e. The molecule has 1 aromatic heterocycles. The molecular weight excluding hydrogens is 491 g/mol. The summed E-state index contributed by atoms with van der Waals surface area (Å²) in [6.07, 6.45) is 7.56. The van der Waals surface area contributed by atoms with E-state index in [1.54, 1.807) is 6.20 Å². The molecule has 1 heterocycles. The lowest BCUT2D eigenvalue weighted by molar-refractivity contribution is 0.0968. The number of pyridine rings is 1. The topological polar surface area (TPSA) is 89.3 Å². The number of aromatic nitrogens is 1. The third kappa shape index (κ3) is 5.56. The maximum atomic E-state index is 14.2. The van der Waals surface area contributed by atoms with Crippen molar-refractivity contribution in [3.8, 4) is 22.9 Å². The van der Waals surface area contributed by atoms with E-state index in [4.69, 9.17) is 16.9 Å². The van der Waals surface area contributed by atoms with Gasteiger partial charge in [-0.05, 0) is 86.9 Å². The molecule has 2 fully saturated rings. The van der Waals surface area contributed by atoms with Gasteiger partial charge < -0.3 is 10.4 Å². The SMILES string of the molecule is CN(CC#N)CC1CCC(Nc2c(C(=O)C3CC3)cnc3ccc(-c4cc(F)c(O)c(Cl)c4)cc23)CC1. The Morgan fingerprint density at radius 1 is 1.19 bits per heavy atom. The largest absolute Gasteiger partial charge is 0.504 e. The van der Waals surface area contributed by atoms with Crippen molar-refractivity contribution in [3.63, 3.8) is 0 Å². The van der Waals surface area contributed by atoms with Crippen LogP contribution in [0.25, 0.3) is 22.0 Å². The van der Waals surface area contributed by atoms with Crippen LogP contribution in [0.1, 0.15) is 48.9 Å². The number of anilines is 1. The summed E-state index contributed by atoms with van der Waals surface area (Å²) in [5.41, 5.74) is 3.40. The standard InChI is InChI=1S/C29H30ClFN4O2/c1-35(11-10-32)16-17-2-7-21(8-3-17)34-27-22-12-19(20-13-24(30)29(37)25(31)14-20)6-9-26(22)33-15-23(27)28(36)18-4-5-18/h6,9,12-15,17-18,21,37H,2-5,7-8,11,16H2,1H3,(H,33,34). The first-order valence-electron chi connectivity index (χ1n) is 12.8. The first kappa shape index (κ1) is 25.4. The molecule has 0 radical (unpaired) electrons. The lowest BCUT2D eigenvalue weighted by atomic mass is 9.85. The van der Waals surface area contributed by atoms with E-state index in [0.29, 0.717) is 23.6 Å². The Labute approximate surface area is 221 Å². The molecule has 37 heavy (non-hydrogen) atoms. The van der Waals surface area contributed by atoms with E-state index in [-0.39, 0.29) is 22.8 Å². The molecule has 192 valence electrons. The summed E-state index contributed by atoms with van der Waals surface area (Å²) in [5.74, 6) is -0.623. The number of phenols is 1. The molecule has 0 atom stereocenters. The first-order chi connectivity index (χ1) is 17.8. The lowest BCUT2D eigenvalue weighted by Crippen LogP contribution is -2.32. The molecule has 0 bridgehead atoms. The average Bonchev–Trinajstić information content (AvgIpc) is 3.73. The summed E-state index contributed by atoms with van der Waals surface area (Å²) in [6.45, 7) is 1.35. The van der Waals surface area contributed by atoms with Gasteiger partial charge in [0.2, 0.25) is 0 Å². The Bertz CT molecular complexity index is 1350. The minimum absolute atomic E-state index is 0.0543. The van der Waals surface area contributed by atoms with E-state index in [1.807, 2.05) is 25.2 Å². The van der Waals surface area contributed by atoms with Crippen LogP contribution in [0.4, 0.5) is 10.1 Å². The molecule has 6 nitrogen and oxygen atoms in total. The van der Waals surface area contributed by atoms with Crippen molar-refractivity contribution in [2.45, 2.75) is 44.6 Å². The molecule has 8 heteroatoms. The number of carbonyl (C=O) groups is 1. The summed E-state index contributed by atoms with van der Waals surface area (Å²) >= 11 is 6.04. The zero-order valence-electron chi connectivity index (χ0n) is 20.8. The average molecular weight is 521 g/mol. The van der Waals surface area contributed by atoms with Gasteiger partial charge in [-0.3, -0.25) is 14.7 Å². The number of rotatable bonds is 8. The zero-order valence-corrected chi connectivity index (χ0v) is 21.6. The van der Waals surface area contributed by atoms with Crippen LogP contribution in [-0.2, 0) is 0 Å². The number of nitriles is 1. The highest BCUT2D eigenvalue weighted by atomic mass is 35.5. The predicted octanol–water partition coefficient (Wildman–Crippen LogP) is 6.42. The van der Waals surface area contributed by atoms with Crippen LogP contribution < -0.4 is 5.32 Å². The third-order valence-corrected chi connectivity index (χ3v) is 7.83. The first-order valence-corrected chi connectivity index (χ1v) is 13.2. The van der Waals surface area contributed by atoms with Crippen molar-refractivity contribution >= 4 is 34.0 Å². The second-order valence-electron chi connectivity index (χ2n) is 10.4. The van der Waals surface area contributed by atoms with E-state index < -0.39 is 11.6 Å². The predicted molar refractivity (Wildman–Crippen MR) is 143 cm³/mol. The number of carbonyl (C=O) groups excluding carboxylic acids is 1. The van der Waals surface area contributed by atoms with E-state index >= 15 is 0 Å². The molecular formula is C29H30ClFN4O2. The van der Waals surface area contributed by atoms with Crippen LogP contribution >= 0.6 is 11.6 Å². The molecule has 2 aliphatic carbocycles. The molecule has 0 spiro atoms. The summed E-state index contributed by atoms with van der Waals surface area (Å²) in [7, 11) is 1.98. The van der Waals surface area contributed by atoms with Crippen molar-refractivity contribution in [1.29, 1.82) is 5.26 Å². The molecule has 2 saturated carbocycles. The molecule has 3 aromatic rings. The highest BCUT2D eigenvalue weighted by Gasteiger charge is 2.33. The van der Waals surface area contributed by atoms with Gasteiger partial charge in [0.05, 0.1) is 34.4 Å². The van der Waals surface area contributed by atoms with Crippen molar-refractivity contribution in [3.05, 3.63) is 52.9 Å². The second-order valence-corrected chi connectivity index (χ2v) is 10.8. The molecule has 2 N–H and O–H groups in total. The van der Waals surface area contributed by atoms with Crippen molar-refractivity contribution in [2.24, 2.45) is 11.8 Å². The number of Topliss-reactive ketones (excluding diaryl/α,β-unsaturated/α-hetero) is 1. The van der Waals surface area contributed by atoms with Gasteiger partial charge in [0.1, 0.15) is 0 Å². The number of nitrogens with zero attached hydrogens (tertiary/aromatic N) is 3. The minimum Gasteiger partial charge on any atom is -0.504 e. The molecule has 0 saturated heterocycles. The monoisotopic (exact) mass is 520 g/mol. The van der Waals surface area contributed by atoms with Crippen LogP contribution in [0.3, 0.4) is 0 Å². The highest BCUT2D eigenvalue weighted by molar-refractivity contribution is 6.32. The molecule has 0 unspecified atom stereocenters. The van der Waals surface area contributed by atoms with Crippen LogP contribution in [0.15, 0.2) is 36.5 Å². The van der Waals surface area contributed by atoms with Gasteiger partial charge >= 0.3 is 0 Å². The Kier molecular flexibility index (Phi) is 7.32. The lowest BCUT2D eigenvalue weighted by Gasteiger charge is -2.32. The fourth-order valence-electron chi connectivity index (χ4n) is 5.33. The van der Waals surface area contributed by atoms with E-state index in [0.717, 1.165) is 67.2 Å². The highest BCUT2D eigenvalue weighted by Crippen LogP contribution is 2.40. The Morgan fingerprint density at radius 2 is 1.95 bits per heavy atom. The number of ketones is 1. The smallest absolute Gasteiger partial charge is 0.170 e. The van der Waals surface area contributed by atoms with Gasteiger partial charge in [0, 0.05) is 30.1 Å². The maximum absolute atomic E-state index is 14.2. The van der Waals surface area contributed by atoms with Crippen LogP contribution in [0, 0.1) is 29.0 Å². The quantitative estimate of drug-likeness (QED) is 0.263. The van der Waals surface area contributed by atoms with Crippen LogP contribution in [0.2, 0.25) is 5.02 Å². The zero-order chi connectivity index (χ0) is 26.1. The minimum atomic E-state index is -0.783. The summed E-state index contributed by atoms with van der Waals surface area (Å²) in [4.78, 5) is 19.9. The van der Waals surface area contributed by atoms with Crippen molar-refractivity contribution in [1.82, 2.24) is 9.88 Å². The summed E-state index contributed by atoms with van der Waals surface area (Å²) in [5, 5.41) is 23.1. The molecule has 5 rings (SSSR count). The Hall–Kier alpha value is -3.21. The van der Waals surface area contributed by atoms with E-state index in [9.17, 15) is 14.3 Å². The molecule has 2 aliphatic rings. The Balaban J connectivity index is 1.47. The van der Waals surface area contributed by atoms with Gasteiger partial charge in [-0.25, -0.2) is 4.39 Å². The van der Waals surface area contributed by atoms with Gasteiger partial charge in [-0.15, -0.1) is 0 Å². The number of hydrogen-bond donors (Lipinski definition) is 2. The van der Waals surface area contributed by atoms with E-state index in [2.05, 4.69) is 21.3 Å². The number of nitrogens with one attached hydrogen (secondary N) is 1. The van der Waals surface area contributed by atoms with E-state index in [1.165, 1.54) is 12.1 Å². The number of phenolic OH excluding ortho intramolecular Hbond substituents is 1. The van der Waals surface area contributed by atoms with Gasteiger partial charge in [-0.2, -0.15) is 5.26 Å². The van der Waals surface area contributed by atoms with Crippen LogP contribution in [0.5, 0.6) is 5.75 Å². The van der Waals surface area contributed by atoms with Crippen molar-refractivity contribution in [2.75, 3.05) is 25.5 Å². The number of hydrogen-bond acceptors (Lipinski definition) is 6. The van der Waals surface area contributed by atoms with Crippen molar-refractivity contribution < 1.29 is 14.3 Å². The number of fused-ring (bicyclic) bond motifs is 1. The number of aromatic hydroxyl groups is 1. The van der Waals surface area contributed by atoms with Crippen LogP contribution in [-0.4, -0.2) is 47.0 Å². The molecule has 0 aliphatic heterocycles. The van der Waals surface area contributed by atoms with Gasteiger partial charge in [0.15, 0.2) is 17.3 Å². The second kappa shape index (κ2) is 10.6. The normalized spacial score (nSPS) is 19.6. The summed E-state index contributed by atoms with van der Waals surface area (Å²) < 4.78 is 14.2. The Morgan fingerprint density at radius 3 is 2.62 bits per heavy atom.